The highest BCUT2D eigenvalue weighted by atomic mass is 32.2. The lowest BCUT2D eigenvalue weighted by molar-refractivity contribution is -0.0438. The number of benzene rings is 4. The van der Waals surface area contributed by atoms with Crippen LogP contribution in [0.3, 0.4) is 0 Å². The highest BCUT2D eigenvalue weighted by Gasteiger charge is 2.38. The van der Waals surface area contributed by atoms with Gasteiger partial charge in [0.25, 0.3) is 0 Å². The van der Waals surface area contributed by atoms with E-state index >= 15 is 0 Å². The smallest absolute Gasteiger partial charge is 0.143 e. The molecule has 1 unspecified atom stereocenters. The summed E-state index contributed by atoms with van der Waals surface area (Å²) in [5.74, 6) is 1.61. The first kappa shape index (κ1) is 24.1. The molecule has 0 aliphatic rings. The van der Waals surface area contributed by atoms with E-state index < -0.39 is 5.60 Å². The van der Waals surface area contributed by atoms with Gasteiger partial charge in [0, 0.05) is 17.8 Å². The van der Waals surface area contributed by atoms with E-state index in [0.29, 0.717) is 6.61 Å². The van der Waals surface area contributed by atoms with Gasteiger partial charge in [0.15, 0.2) is 0 Å². The predicted octanol–water partition coefficient (Wildman–Crippen LogP) is 6.81. The third-order valence-corrected chi connectivity index (χ3v) is 7.04. The first-order chi connectivity index (χ1) is 16.8. The summed E-state index contributed by atoms with van der Waals surface area (Å²) in [6.07, 6.45) is -0.106. The summed E-state index contributed by atoms with van der Waals surface area (Å²) in [5, 5.41) is 0. The normalized spacial score (nSPS) is 12.3. The first-order valence-corrected chi connectivity index (χ1v) is 12.4. The summed E-state index contributed by atoms with van der Waals surface area (Å²) >= 11 is 1.71. The molecule has 174 valence electrons. The summed E-state index contributed by atoms with van der Waals surface area (Å²) < 4.78 is 18.3. The Morgan fingerprint density at radius 3 is 1.59 bits per heavy atom. The highest BCUT2D eigenvalue weighted by Crippen LogP contribution is 2.41. The van der Waals surface area contributed by atoms with Gasteiger partial charge in [-0.2, -0.15) is 0 Å². The molecule has 0 spiro atoms. The van der Waals surface area contributed by atoms with Crippen LogP contribution in [0.15, 0.2) is 120 Å². The van der Waals surface area contributed by atoms with Crippen LogP contribution >= 0.6 is 11.8 Å². The zero-order chi connectivity index (χ0) is 23.6. The molecule has 0 heterocycles. The van der Waals surface area contributed by atoms with Gasteiger partial charge in [0.2, 0.25) is 0 Å². The second-order valence-electron chi connectivity index (χ2n) is 7.91. The number of hydrogen-bond acceptors (Lipinski definition) is 4. The van der Waals surface area contributed by atoms with Gasteiger partial charge in [-0.25, -0.2) is 0 Å². The first-order valence-electron chi connectivity index (χ1n) is 11.4. The Bertz CT molecular complexity index is 1040. The molecule has 4 rings (SSSR count). The molecule has 34 heavy (non-hydrogen) atoms. The van der Waals surface area contributed by atoms with Crippen LogP contribution < -0.4 is 4.74 Å². The van der Waals surface area contributed by atoms with Gasteiger partial charge in [0.1, 0.15) is 11.4 Å². The van der Waals surface area contributed by atoms with E-state index in [9.17, 15) is 0 Å². The van der Waals surface area contributed by atoms with Crippen molar-refractivity contribution in [2.75, 3.05) is 26.6 Å². The summed E-state index contributed by atoms with van der Waals surface area (Å²) in [5.41, 5.74) is 2.49. The van der Waals surface area contributed by atoms with Crippen molar-refractivity contribution in [1.29, 1.82) is 0 Å². The third kappa shape index (κ3) is 5.36. The monoisotopic (exact) mass is 470 g/mol. The van der Waals surface area contributed by atoms with E-state index in [-0.39, 0.29) is 6.10 Å². The van der Waals surface area contributed by atoms with Crippen molar-refractivity contribution in [2.45, 2.75) is 16.6 Å². The Morgan fingerprint density at radius 2 is 1.12 bits per heavy atom. The van der Waals surface area contributed by atoms with Gasteiger partial charge in [-0.3, -0.25) is 0 Å². The van der Waals surface area contributed by atoms with Crippen molar-refractivity contribution in [1.82, 2.24) is 0 Å². The van der Waals surface area contributed by atoms with Gasteiger partial charge in [-0.05, 0) is 28.8 Å². The molecular weight excluding hydrogens is 440 g/mol. The minimum atomic E-state index is -0.754. The number of hydrogen-bond donors (Lipinski definition) is 0. The van der Waals surface area contributed by atoms with Crippen LogP contribution in [0.25, 0.3) is 0 Å². The molecule has 0 aliphatic carbocycles. The topological polar surface area (TPSA) is 27.7 Å². The average Bonchev–Trinajstić information content (AvgIpc) is 2.92. The van der Waals surface area contributed by atoms with Crippen LogP contribution in [-0.2, 0) is 15.1 Å². The minimum Gasteiger partial charge on any atom is -0.496 e. The molecule has 0 amide bonds. The maximum absolute atomic E-state index is 6.92. The number of para-hydroxylation sites is 1. The maximum atomic E-state index is 6.92. The molecule has 4 aromatic rings. The van der Waals surface area contributed by atoms with Crippen molar-refractivity contribution >= 4 is 11.8 Å². The molecule has 0 aliphatic heterocycles. The lowest BCUT2D eigenvalue weighted by Crippen LogP contribution is -2.36. The number of methoxy groups -OCH3 is 2. The van der Waals surface area contributed by atoms with Crippen LogP contribution in [-0.4, -0.2) is 32.7 Å². The van der Waals surface area contributed by atoms with E-state index in [1.807, 2.05) is 36.4 Å². The Morgan fingerprint density at radius 1 is 0.647 bits per heavy atom. The van der Waals surface area contributed by atoms with Crippen molar-refractivity contribution < 1.29 is 14.2 Å². The third-order valence-electron chi connectivity index (χ3n) is 5.85. The van der Waals surface area contributed by atoms with E-state index in [4.69, 9.17) is 14.2 Å². The van der Waals surface area contributed by atoms with E-state index in [1.165, 1.54) is 0 Å². The van der Waals surface area contributed by atoms with Crippen molar-refractivity contribution in [3.05, 3.63) is 132 Å². The van der Waals surface area contributed by atoms with E-state index in [1.54, 1.807) is 26.0 Å². The second kappa shape index (κ2) is 11.9. The van der Waals surface area contributed by atoms with Gasteiger partial charge >= 0.3 is 0 Å². The summed E-state index contributed by atoms with van der Waals surface area (Å²) in [4.78, 5) is 1.09. The van der Waals surface area contributed by atoms with Gasteiger partial charge in [-0.15, -0.1) is 11.8 Å². The van der Waals surface area contributed by atoms with Gasteiger partial charge in [-0.1, -0.05) is 103 Å². The predicted molar refractivity (Wildman–Crippen MR) is 140 cm³/mol. The van der Waals surface area contributed by atoms with E-state index in [0.717, 1.165) is 33.1 Å². The summed E-state index contributed by atoms with van der Waals surface area (Å²) in [7, 11) is 3.44. The molecule has 0 bridgehead atoms. The van der Waals surface area contributed by atoms with Crippen LogP contribution in [0, 0.1) is 0 Å². The van der Waals surface area contributed by atoms with Crippen molar-refractivity contribution in [3.8, 4) is 5.75 Å². The Balaban J connectivity index is 1.65. The van der Waals surface area contributed by atoms with Crippen LogP contribution in [0.5, 0.6) is 5.75 Å². The standard InChI is InChI=1S/C30H30O3S/c1-31-27(23-34-29-21-13-12-20-28(29)32-2)22-33-30(24-14-6-3-7-15-24,25-16-8-4-9-17-25)26-18-10-5-11-19-26/h3-21,27H,22-23H2,1-2H3. The number of rotatable bonds is 11. The molecule has 0 N–H and O–H groups in total. The summed E-state index contributed by atoms with van der Waals surface area (Å²) in [6, 6.07) is 39.3. The molecule has 0 saturated carbocycles. The maximum Gasteiger partial charge on any atom is 0.143 e. The average molecular weight is 471 g/mol. The molecule has 0 aromatic heterocycles. The SMILES string of the molecule is COc1ccccc1SCC(COC(c1ccccc1)(c1ccccc1)c1ccccc1)OC. The van der Waals surface area contributed by atoms with Gasteiger partial charge < -0.3 is 14.2 Å². The zero-order valence-electron chi connectivity index (χ0n) is 19.6. The largest absolute Gasteiger partial charge is 0.496 e. The Labute approximate surface area is 206 Å². The minimum absolute atomic E-state index is 0.106. The fourth-order valence-electron chi connectivity index (χ4n) is 4.09. The highest BCUT2D eigenvalue weighted by molar-refractivity contribution is 7.99. The molecule has 0 radical (unpaired) electrons. The molecule has 4 aromatic carbocycles. The van der Waals surface area contributed by atoms with Gasteiger partial charge in [0.05, 0.1) is 19.8 Å². The molecule has 0 saturated heterocycles. The quantitative estimate of drug-likeness (QED) is 0.178. The zero-order valence-corrected chi connectivity index (χ0v) is 20.4. The second-order valence-corrected chi connectivity index (χ2v) is 8.97. The molecule has 3 nitrogen and oxygen atoms in total. The number of thioether (sulfide) groups is 1. The van der Waals surface area contributed by atoms with Crippen LogP contribution in [0.2, 0.25) is 0 Å². The fourth-order valence-corrected chi connectivity index (χ4v) is 5.16. The lowest BCUT2D eigenvalue weighted by Gasteiger charge is -2.37. The van der Waals surface area contributed by atoms with E-state index in [2.05, 4.69) is 78.9 Å². The molecular formula is C30H30O3S. The fraction of sp³-hybridized carbons (Fsp3) is 0.200. The Kier molecular flexibility index (Phi) is 8.42. The molecule has 4 heteroatoms. The van der Waals surface area contributed by atoms with Crippen molar-refractivity contribution in [3.63, 3.8) is 0 Å². The van der Waals surface area contributed by atoms with Crippen molar-refractivity contribution in [2.24, 2.45) is 0 Å². The van der Waals surface area contributed by atoms with Crippen LogP contribution in [0.4, 0.5) is 0 Å². The van der Waals surface area contributed by atoms with Crippen LogP contribution in [0.1, 0.15) is 16.7 Å². The lowest BCUT2D eigenvalue weighted by atomic mass is 9.80. The molecule has 0 fully saturated rings. The molecule has 1 atom stereocenters. The number of ether oxygens (including phenoxy) is 3. The summed E-state index contributed by atoms with van der Waals surface area (Å²) in [6.45, 7) is 0.428. The Hall–Kier alpha value is -3.05.